The number of nitro benzene ring substituents is 1. The molecule has 1 aromatic carbocycles. The maximum absolute atomic E-state index is 11.3. The van der Waals surface area contributed by atoms with Crippen molar-refractivity contribution in [2.24, 2.45) is 7.05 Å². The van der Waals surface area contributed by atoms with Crippen molar-refractivity contribution in [1.82, 2.24) is 9.78 Å². The molecule has 2 aromatic rings. The van der Waals surface area contributed by atoms with Crippen LogP contribution in [-0.4, -0.2) is 21.3 Å². The smallest absolute Gasteiger partial charge is 0.305 e. The average Bonchev–Trinajstić information content (AvgIpc) is 2.70. The number of benzene rings is 1. The molecular weight excluding hydrogens is 234 g/mol. The summed E-state index contributed by atoms with van der Waals surface area (Å²) in [6.07, 6.45) is 1.59. The predicted molar refractivity (Wildman–Crippen MR) is 68.0 cm³/mol. The molecule has 18 heavy (non-hydrogen) atoms. The first-order chi connectivity index (χ1) is 8.56. The summed E-state index contributed by atoms with van der Waals surface area (Å²) in [5.74, 6) is 0.298. The Morgan fingerprint density at radius 1 is 1.61 bits per heavy atom. The van der Waals surface area contributed by atoms with E-state index in [2.05, 4.69) is 11.7 Å². The highest BCUT2D eigenvalue weighted by molar-refractivity contribution is 5.92. The summed E-state index contributed by atoms with van der Waals surface area (Å²) in [5.41, 5.74) is 0.835. The van der Waals surface area contributed by atoms with Crippen molar-refractivity contribution in [2.45, 2.75) is 6.92 Å². The number of aromatic nitrogens is 2. The van der Waals surface area contributed by atoms with Crippen molar-refractivity contribution in [1.29, 1.82) is 0 Å². The molecule has 0 saturated carbocycles. The summed E-state index contributed by atoms with van der Waals surface area (Å²) >= 11 is 0. The second kappa shape index (κ2) is 4.48. The van der Waals surface area contributed by atoms with Crippen LogP contribution in [0.1, 0.15) is 12.5 Å². The van der Waals surface area contributed by atoms with E-state index in [-0.39, 0.29) is 5.69 Å². The molecule has 1 heterocycles. The predicted octanol–water partition coefficient (Wildman–Crippen LogP) is 2.49. The van der Waals surface area contributed by atoms with E-state index in [1.807, 2.05) is 0 Å². The number of nitrogens with zero attached hydrogens (tertiary/aromatic N) is 3. The third kappa shape index (κ3) is 1.81. The minimum atomic E-state index is -0.427. The number of rotatable bonds is 4. The molecule has 0 unspecified atom stereocenters. The van der Waals surface area contributed by atoms with Gasteiger partial charge in [0.2, 0.25) is 0 Å². The van der Waals surface area contributed by atoms with Gasteiger partial charge in [-0.2, -0.15) is 5.10 Å². The minimum absolute atomic E-state index is 0.0223. The monoisotopic (exact) mass is 247 g/mol. The van der Waals surface area contributed by atoms with Gasteiger partial charge in [-0.15, -0.1) is 0 Å². The lowest BCUT2D eigenvalue weighted by atomic mass is 10.1. The van der Waals surface area contributed by atoms with Crippen molar-refractivity contribution < 1.29 is 9.66 Å². The highest BCUT2D eigenvalue weighted by Crippen LogP contribution is 2.33. The van der Waals surface area contributed by atoms with Gasteiger partial charge in [-0.3, -0.25) is 14.8 Å². The van der Waals surface area contributed by atoms with Crippen LogP contribution in [0.2, 0.25) is 0 Å². The number of ether oxygens (including phenoxy) is 1. The van der Waals surface area contributed by atoms with E-state index >= 15 is 0 Å². The first-order valence-corrected chi connectivity index (χ1v) is 5.47. The molecule has 0 aliphatic rings. The van der Waals surface area contributed by atoms with Crippen molar-refractivity contribution in [3.05, 3.63) is 40.6 Å². The minimum Gasteiger partial charge on any atom is -0.494 e. The molecule has 0 radical (unpaired) electrons. The molecule has 0 aliphatic carbocycles. The van der Waals surface area contributed by atoms with Gasteiger partial charge in [-0.05, 0) is 19.1 Å². The van der Waals surface area contributed by atoms with Crippen LogP contribution in [-0.2, 0) is 11.8 Å². The third-order valence-electron chi connectivity index (χ3n) is 2.68. The Kier molecular flexibility index (Phi) is 3.01. The van der Waals surface area contributed by atoms with Crippen LogP contribution in [0.4, 0.5) is 5.69 Å². The van der Waals surface area contributed by atoms with Gasteiger partial charge in [0.25, 0.3) is 0 Å². The van der Waals surface area contributed by atoms with Crippen molar-refractivity contribution in [3.63, 3.8) is 0 Å². The molecule has 0 aliphatic heterocycles. The molecular formula is C12H13N3O3. The van der Waals surface area contributed by atoms with Crippen LogP contribution in [0, 0.1) is 10.1 Å². The maximum Gasteiger partial charge on any atom is 0.305 e. The lowest BCUT2D eigenvalue weighted by Crippen LogP contribution is -2.01. The topological polar surface area (TPSA) is 70.2 Å². The SMILES string of the molecule is C=C(OCC)c1ccc2cnn(C)c2c1[N+](=O)[O-]. The second-order valence-corrected chi connectivity index (χ2v) is 3.78. The molecule has 0 saturated heterocycles. The second-order valence-electron chi connectivity index (χ2n) is 3.78. The molecule has 1 aromatic heterocycles. The van der Waals surface area contributed by atoms with Gasteiger partial charge in [0.15, 0.2) is 0 Å². The Hall–Kier alpha value is -2.37. The normalized spacial score (nSPS) is 10.6. The summed E-state index contributed by atoms with van der Waals surface area (Å²) in [6.45, 7) is 5.94. The number of hydrogen-bond donors (Lipinski definition) is 0. The van der Waals surface area contributed by atoms with E-state index < -0.39 is 4.92 Å². The van der Waals surface area contributed by atoms with Crippen LogP contribution in [0.15, 0.2) is 24.9 Å². The Labute approximate surface area is 104 Å². The third-order valence-corrected chi connectivity index (χ3v) is 2.68. The van der Waals surface area contributed by atoms with Gasteiger partial charge in [0.1, 0.15) is 11.3 Å². The molecule has 6 nitrogen and oxygen atoms in total. The molecule has 0 N–H and O–H groups in total. The van der Waals surface area contributed by atoms with Gasteiger partial charge >= 0.3 is 5.69 Å². The zero-order valence-corrected chi connectivity index (χ0v) is 10.2. The van der Waals surface area contributed by atoms with Crippen molar-refractivity contribution >= 4 is 22.3 Å². The summed E-state index contributed by atoms with van der Waals surface area (Å²) in [5, 5.41) is 16.0. The van der Waals surface area contributed by atoms with Crippen LogP contribution in [0.5, 0.6) is 0 Å². The Balaban J connectivity index is 2.74. The summed E-state index contributed by atoms with van der Waals surface area (Å²) in [6, 6.07) is 3.41. The van der Waals surface area contributed by atoms with Crippen LogP contribution < -0.4 is 0 Å². The van der Waals surface area contributed by atoms with Gasteiger partial charge in [0.05, 0.1) is 23.3 Å². The average molecular weight is 247 g/mol. The molecule has 0 bridgehead atoms. The lowest BCUT2D eigenvalue weighted by molar-refractivity contribution is -0.383. The van der Waals surface area contributed by atoms with Crippen LogP contribution in [0.3, 0.4) is 0 Å². The van der Waals surface area contributed by atoms with Crippen molar-refractivity contribution in [3.8, 4) is 0 Å². The lowest BCUT2D eigenvalue weighted by Gasteiger charge is -2.08. The summed E-state index contributed by atoms with van der Waals surface area (Å²) in [7, 11) is 1.67. The highest BCUT2D eigenvalue weighted by atomic mass is 16.6. The van der Waals surface area contributed by atoms with E-state index in [0.29, 0.717) is 23.4 Å². The van der Waals surface area contributed by atoms with E-state index in [4.69, 9.17) is 4.74 Å². The molecule has 0 amide bonds. The first-order valence-electron chi connectivity index (χ1n) is 5.47. The zero-order chi connectivity index (χ0) is 13.3. The Morgan fingerprint density at radius 2 is 2.33 bits per heavy atom. The number of fused-ring (bicyclic) bond motifs is 1. The fourth-order valence-corrected chi connectivity index (χ4v) is 1.91. The molecule has 94 valence electrons. The first kappa shape index (κ1) is 12.1. The fourth-order valence-electron chi connectivity index (χ4n) is 1.91. The standard InChI is InChI=1S/C12H13N3O3/c1-4-18-8(2)10-6-5-9-7-13-14(3)11(9)12(10)15(16)17/h5-7H,2,4H2,1,3H3. The van der Waals surface area contributed by atoms with Crippen LogP contribution >= 0.6 is 0 Å². The quantitative estimate of drug-likeness (QED) is 0.472. The Morgan fingerprint density at radius 3 is 2.94 bits per heavy atom. The highest BCUT2D eigenvalue weighted by Gasteiger charge is 2.23. The van der Waals surface area contributed by atoms with Crippen molar-refractivity contribution in [2.75, 3.05) is 6.61 Å². The van der Waals surface area contributed by atoms with Gasteiger partial charge < -0.3 is 4.74 Å². The number of hydrogen-bond acceptors (Lipinski definition) is 4. The largest absolute Gasteiger partial charge is 0.494 e. The maximum atomic E-state index is 11.3. The van der Waals surface area contributed by atoms with Gasteiger partial charge in [-0.25, -0.2) is 0 Å². The van der Waals surface area contributed by atoms with E-state index in [9.17, 15) is 10.1 Å². The fraction of sp³-hybridized carbons (Fsp3) is 0.250. The number of aryl methyl sites for hydroxylation is 1. The summed E-state index contributed by atoms with van der Waals surface area (Å²) < 4.78 is 6.74. The van der Waals surface area contributed by atoms with E-state index in [1.54, 1.807) is 32.3 Å². The van der Waals surface area contributed by atoms with Crippen LogP contribution in [0.25, 0.3) is 16.7 Å². The molecule has 0 spiro atoms. The van der Waals surface area contributed by atoms with E-state index in [1.165, 1.54) is 4.68 Å². The van der Waals surface area contributed by atoms with Gasteiger partial charge in [-0.1, -0.05) is 6.58 Å². The molecule has 0 fully saturated rings. The Bertz CT molecular complexity index is 631. The summed E-state index contributed by atoms with van der Waals surface area (Å²) in [4.78, 5) is 10.8. The number of nitro groups is 1. The molecule has 0 atom stereocenters. The molecule has 6 heteroatoms. The molecule has 2 rings (SSSR count). The van der Waals surface area contributed by atoms with Gasteiger partial charge in [0, 0.05) is 12.4 Å². The van der Waals surface area contributed by atoms with E-state index in [0.717, 1.165) is 5.39 Å². The zero-order valence-electron chi connectivity index (χ0n) is 10.2.